The van der Waals surface area contributed by atoms with Gasteiger partial charge in [-0.1, -0.05) is 88.4 Å². The second-order valence-electron chi connectivity index (χ2n) is 10.0. The van der Waals surface area contributed by atoms with Crippen LogP contribution in [0.2, 0.25) is 0 Å². The van der Waals surface area contributed by atoms with Gasteiger partial charge in [-0.05, 0) is 28.8 Å². The van der Waals surface area contributed by atoms with E-state index in [-0.39, 0.29) is 11.4 Å². The van der Waals surface area contributed by atoms with Gasteiger partial charge in [0, 0.05) is 29.2 Å². The molecule has 1 aliphatic carbocycles. The average molecular weight is 435 g/mol. The zero-order valence-electron chi connectivity index (χ0n) is 19.7. The van der Waals surface area contributed by atoms with E-state index in [4.69, 9.17) is 0 Å². The highest BCUT2D eigenvalue weighted by molar-refractivity contribution is 6.07. The summed E-state index contributed by atoms with van der Waals surface area (Å²) >= 11 is 0. The van der Waals surface area contributed by atoms with Gasteiger partial charge in [-0.2, -0.15) is 4.57 Å². The zero-order chi connectivity index (χ0) is 23.0. The number of allylic oxidation sites excluding steroid dienone is 1. The van der Waals surface area contributed by atoms with Gasteiger partial charge in [-0.15, -0.1) is 0 Å². The molecule has 33 heavy (non-hydrogen) atoms. The lowest BCUT2D eigenvalue weighted by Crippen LogP contribution is -2.56. The minimum atomic E-state index is -0.436. The van der Waals surface area contributed by atoms with E-state index in [9.17, 15) is 0 Å². The van der Waals surface area contributed by atoms with Crippen molar-refractivity contribution in [3.8, 4) is 22.4 Å². The highest BCUT2D eigenvalue weighted by Crippen LogP contribution is 2.52. The van der Waals surface area contributed by atoms with Crippen LogP contribution in [0.3, 0.4) is 0 Å². The molecule has 0 amide bonds. The lowest BCUT2D eigenvalue weighted by molar-refractivity contribution is -0.742. The third kappa shape index (κ3) is 2.55. The molecule has 1 nitrogen and oxygen atoms in total. The Kier molecular flexibility index (Phi) is 4.24. The third-order valence-electron chi connectivity index (χ3n) is 8.17. The molecule has 0 N–H and O–H groups in total. The number of benzene rings is 3. The van der Waals surface area contributed by atoms with Crippen LogP contribution in [0.4, 0.5) is 4.39 Å². The Labute approximate surface area is 195 Å². The summed E-state index contributed by atoms with van der Waals surface area (Å²) in [5, 5.41) is 2.50. The molecule has 0 unspecified atom stereocenters. The maximum atomic E-state index is 15.6. The van der Waals surface area contributed by atoms with Gasteiger partial charge in [0.15, 0.2) is 11.7 Å². The summed E-state index contributed by atoms with van der Waals surface area (Å²) in [5.41, 5.74) is 7.18. The lowest BCUT2D eigenvalue weighted by atomic mass is 9.68. The molecular weight excluding hydrogens is 405 g/mol. The quantitative estimate of drug-likeness (QED) is 0.290. The van der Waals surface area contributed by atoms with Crippen LogP contribution < -0.4 is 4.57 Å². The summed E-state index contributed by atoms with van der Waals surface area (Å²) in [7, 11) is 0. The van der Waals surface area contributed by atoms with E-state index in [1.165, 1.54) is 27.5 Å². The van der Waals surface area contributed by atoms with Crippen molar-refractivity contribution in [3.05, 3.63) is 95.4 Å². The van der Waals surface area contributed by atoms with Crippen molar-refractivity contribution in [2.75, 3.05) is 0 Å². The molecule has 164 valence electrons. The van der Waals surface area contributed by atoms with Crippen molar-refractivity contribution in [1.82, 2.24) is 0 Å². The van der Waals surface area contributed by atoms with E-state index in [0.29, 0.717) is 0 Å². The van der Waals surface area contributed by atoms with Gasteiger partial charge < -0.3 is 0 Å². The molecule has 0 bridgehead atoms. The summed E-state index contributed by atoms with van der Waals surface area (Å²) in [6.45, 7) is 8.86. The van der Waals surface area contributed by atoms with Gasteiger partial charge in [-0.3, -0.25) is 0 Å². The molecule has 4 aromatic rings. The molecule has 6 rings (SSSR count). The van der Waals surface area contributed by atoms with Crippen LogP contribution in [0.15, 0.2) is 72.9 Å². The predicted octanol–water partition coefficient (Wildman–Crippen LogP) is 7.78. The summed E-state index contributed by atoms with van der Waals surface area (Å²) < 4.78 is 18.1. The molecule has 1 aliphatic heterocycles. The Morgan fingerprint density at radius 2 is 1.64 bits per heavy atom. The average Bonchev–Trinajstić information content (AvgIpc) is 2.98. The first-order chi connectivity index (χ1) is 15.9. The number of pyridine rings is 1. The van der Waals surface area contributed by atoms with Crippen molar-refractivity contribution >= 4 is 16.8 Å². The van der Waals surface area contributed by atoms with Crippen LogP contribution in [0, 0.1) is 5.82 Å². The molecule has 3 aromatic carbocycles. The highest BCUT2D eigenvalue weighted by atomic mass is 19.1. The maximum absolute atomic E-state index is 15.6. The van der Waals surface area contributed by atoms with E-state index < -0.39 is 5.41 Å². The minimum absolute atomic E-state index is 0.117. The van der Waals surface area contributed by atoms with Crippen molar-refractivity contribution in [2.45, 2.75) is 51.5 Å². The summed E-state index contributed by atoms with van der Waals surface area (Å²) in [5.74, 6) is -0.117. The number of rotatable bonds is 3. The second-order valence-corrected chi connectivity index (χ2v) is 10.0. The van der Waals surface area contributed by atoms with Crippen molar-refractivity contribution in [2.24, 2.45) is 0 Å². The Balaban J connectivity index is 1.91. The first kappa shape index (κ1) is 20.4. The van der Waals surface area contributed by atoms with Gasteiger partial charge in [0.2, 0.25) is 5.69 Å². The Morgan fingerprint density at radius 3 is 2.36 bits per heavy atom. The smallest absolute Gasteiger partial charge is 0.207 e. The van der Waals surface area contributed by atoms with Crippen molar-refractivity contribution in [3.63, 3.8) is 0 Å². The Bertz CT molecular complexity index is 1460. The van der Waals surface area contributed by atoms with E-state index in [0.717, 1.165) is 35.2 Å². The fourth-order valence-electron chi connectivity index (χ4n) is 6.27. The van der Waals surface area contributed by atoms with Crippen LogP contribution in [-0.4, -0.2) is 0 Å². The van der Waals surface area contributed by atoms with Gasteiger partial charge >= 0.3 is 0 Å². The fourth-order valence-corrected chi connectivity index (χ4v) is 6.27. The van der Waals surface area contributed by atoms with Crippen molar-refractivity contribution < 1.29 is 8.96 Å². The molecule has 1 aromatic heterocycles. The van der Waals surface area contributed by atoms with E-state index in [1.807, 2.05) is 6.07 Å². The van der Waals surface area contributed by atoms with Crippen LogP contribution >= 0.6 is 0 Å². The molecule has 2 heteroatoms. The topological polar surface area (TPSA) is 3.88 Å². The van der Waals surface area contributed by atoms with E-state index in [2.05, 4.69) is 99.1 Å². The standard InChI is InChI=1S/C31H29FN/c1-5-31(6-2)18-17-21-15-16-25(32)28-26(21)29-27-22(13-10-14-24(27)30(28,3)4)23(19-33(29)31)20-11-8-7-9-12-20/h7-19H,5-6H2,1-4H3/q+1. The summed E-state index contributed by atoms with van der Waals surface area (Å²) in [4.78, 5) is 0. The first-order valence-corrected chi connectivity index (χ1v) is 12.0. The largest absolute Gasteiger partial charge is 0.222 e. The van der Waals surface area contributed by atoms with E-state index in [1.54, 1.807) is 6.07 Å². The van der Waals surface area contributed by atoms with Crippen LogP contribution in [0.25, 0.3) is 39.2 Å². The fraction of sp³-hybridized carbons (Fsp3) is 0.258. The minimum Gasteiger partial charge on any atom is -0.207 e. The second kappa shape index (κ2) is 6.87. The van der Waals surface area contributed by atoms with Gasteiger partial charge in [0.1, 0.15) is 5.82 Å². The normalized spacial score (nSPS) is 16.6. The monoisotopic (exact) mass is 434 g/mol. The number of aromatic nitrogens is 1. The Morgan fingerprint density at radius 1 is 0.879 bits per heavy atom. The van der Waals surface area contributed by atoms with E-state index >= 15 is 4.39 Å². The molecule has 0 radical (unpaired) electrons. The SMILES string of the molecule is CCC1(CC)C=Cc2ccc(F)c3c2-c2c4c(cccc4c(-c4ccccc4)c[n+]21)C3(C)C. The number of hydrogen-bond donors (Lipinski definition) is 0. The van der Waals surface area contributed by atoms with Gasteiger partial charge in [0.25, 0.3) is 0 Å². The van der Waals surface area contributed by atoms with Crippen molar-refractivity contribution in [1.29, 1.82) is 0 Å². The predicted molar refractivity (Wildman–Crippen MR) is 135 cm³/mol. The number of hydrogen-bond acceptors (Lipinski definition) is 0. The molecule has 0 saturated heterocycles. The molecule has 2 heterocycles. The zero-order valence-corrected chi connectivity index (χ0v) is 19.7. The van der Waals surface area contributed by atoms with Gasteiger partial charge in [0.05, 0.1) is 16.5 Å². The van der Waals surface area contributed by atoms with Gasteiger partial charge in [-0.25, -0.2) is 4.39 Å². The molecule has 2 aliphatic rings. The lowest BCUT2D eigenvalue weighted by Gasteiger charge is -2.36. The third-order valence-corrected chi connectivity index (χ3v) is 8.17. The highest BCUT2D eigenvalue weighted by Gasteiger charge is 2.47. The Hall–Kier alpha value is -3.26. The molecule has 0 saturated carbocycles. The molecule has 0 fully saturated rings. The maximum Gasteiger partial charge on any atom is 0.222 e. The summed E-state index contributed by atoms with van der Waals surface area (Å²) in [6, 6.07) is 20.8. The number of nitrogens with zero attached hydrogens (tertiary/aromatic N) is 1. The number of halogens is 1. The molecular formula is C31H29FN+. The summed E-state index contributed by atoms with van der Waals surface area (Å²) in [6.07, 6.45) is 8.85. The van der Waals surface area contributed by atoms with Crippen LogP contribution in [0.5, 0.6) is 0 Å². The van der Waals surface area contributed by atoms with Crippen LogP contribution in [-0.2, 0) is 11.0 Å². The first-order valence-electron chi connectivity index (χ1n) is 12.0. The molecule has 0 atom stereocenters. The van der Waals surface area contributed by atoms with Crippen LogP contribution in [0.1, 0.15) is 57.2 Å². The molecule has 0 spiro atoms.